The maximum absolute atomic E-state index is 14.2. The molecular formula is C32H41N3O5S. The predicted molar refractivity (Wildman–Crippen MR) is 162 cm³/mol. The summed E-state index contributed by atoms with van der Waals surface area (Å²) in [7, 11) is -2.64. The van der Waals surface area contributed by atoms with Gasteiger partial charge in [0.25, 0.3) is 10.0 Å². The molecule has 0 saturated heterocycles. The second kappa shape index (κ2) is 14.2. The van der Waals surface area contributed by atoms with Crippen LogP contribution in [-0.4, -0.2) is 51.4 Å². The molecule has 0 radical (unpaired) electrons. The van der Waals surface area contributed by atoms with E-state index in [0.29, 0.717) is 24.4 Å². The summed E-state index contributed by atoms with van der Waals surface area (Å²) in [5, 5.41) is 2.95. The highest BCUT2D eigenvalue weighted by molar-refractivity contribution is 7.92. The molecular weight excluding hydrogens is 538 g/mol. The third-order valence-electron chi connectivity index (χ3n) is 6.92. The number of ether oxygens (including phenoxy) is 1. The normalized spacial score (nSPS) is 12.1. The number of nitrogens with zero attached hydrogens (tertiary/aromatic N) is 2. The Morgan fingerprint density at radius 3 is 2.12 bits per heavy atom. The highest BCUT2D eigenvalue weighted by Gasteiger charge is 2.34. The van der Waals surface area contributed by atoms with Crippen molar-refractivity contribution >= 4 is 27.5 Å². The Morgan fingerprint density at radius 2 is 1.56 bits per heavy atom. The number of carbonyl (C=O) groups excluding carboxylic acids is 2. The molecule has 8 nitrogen and oxygen atoms in total. The van der Waals surface area contributed by atoms with Gasteiger partial charge in [-0.15, -0.1) is 0 Å². The van der Waals surface area contributed by atoms with Crippen molar-refractivity contribution in [2.24, 2.45) is 5.92 Å². The molecule has 9 heteroatoms. The zero-order valence-corrected chi connectivity index (χ0v) is 25.6. The fourth-order valence-electron chi connectivity index (χ4n) is 4.43. The first kappa shape index (κ1) is 31.7. The van der Waals surface area contributed by atoms with E-state index in [1.165, 1.54) is 24.1 Å². The lowest BCUT2D eigenvalue weighted by Crippen LogP contribution is -2.52. The number of aryl methyl sites for hydroxylation is 2. The van der Waals surface area contributed by atoms with E-state index in [9.17, 15) is 18.0 Å². The van der Waals surface area contributed by atoms with Gasteiger partial charge >= 0.3 is 0 Å². The number of carbonyl (C=O) groups is 2. The van der Waals surface area contributed by atoms with Crippen LogP contribution in [0.3, 0.4) is 0 Å². The van der Waals surface area contributed by atoms with Crippen molar-refractivity contribution in [1.82, 2.24) is 10.2 Å². The fraction of sp³-hybridized carbons (Fsp3) is 0.375. The van der Waals surface area contributed by atoms with Crippen LogP contribution in [0.5, 0.6) is 5.75 Å². The molecule has 1 N–H and O–H groups in total. The zero-order chi connectivity index (χ0) is 30.2. The molecule has 0 heterocycles. The number of amides is 2. The summed E-state index contributed by atoms with van der Waals surface area (Å²) in [6, 6.07) is 19.9. The number of rotatable bonds is 13. The van der Waals surface area contributed by atoms with Crippen LogP contribution in [0.15, 0.2) is 77.7 Å². The number of benzene rings is 3. The lowest BCUT2D eigenvalue weighted by Gasteiger charge is -2.33. The average molecular weight is 580 g/mol. The van der Waals surface area contributed by atoms with Crippen LogP contribution >= 0.6 is 0 Å². The quantitative estimate of drug-likeness (QED) is 0.305. The number of nitrogens with one attached hydrogen (secondary N) is 1. The summed E-state index contributed by atoms with van der Waals surface area (Å²) in [6.45, 7) is 9.88. The molecule has 0 spiro atoms. The molecule has 41 heavy (non-hydrogen) atoms. The standard InChI is InChI=1S/C32H41N3O5S/c1-7-30(32(37)33-20-23(2)3)34(21-26-11-9-8-10-25(26)5)31(36)22-35(27-14-12-24(4)13-15-27)41(38,39)29-18-16-28(40-6)17-19-29/h8-19,23,30H,7,20-22H2,1-6H3,(H,33,37)/t30-/m1/s1. The number of methoxy groups -OCH3 is 1. The molecule has 0 aromatic heterocycles. The Bertz CT molecular complexity index is 1420. The van der Waals surface area contributed by atoms with E-state index in [-0.39, 0.29) is 23.3 Å². The van der Waals surface area contributed by atoms with Gasteiger partial charge in [-0.05, 0) is 73.7 Å². The predicted octanol–water partition coefficient (Wildman–Crippen LogP) is 5.09. The Labute approximate surface area is 244 Å². The van der Waals surface area contributed by atoms with Crippen molar-refractivity contribution in [2.75, 3.05) is 24.5 Å². The van der Waals surface area contributed by atoms with E-state index >= 15 is 0 Å². The van der Waals surface area contributed by atoms with Crippen molar-refractivity contribution in [3.8, 4) is 5.75 Å². The van der Waals surface area contributed by atoms with Gasteiger partial charge in [0.05, 0.1) is 17.7 Å². The molecule has 3 rings (SSSR count). The Morgan fingerprint density at radius 1 is 0.927 bits per heavy atom. The van der Waals surface area contributed by atoms with Crippen molar-refractivity contribution < 1.29 is 22.7 Å². The van der Waals surface area contributed by atoms with Crippen molar-refractivity contribution in [2.45, 2.75) is 58.5 Å². The number of sulfonamides is 1. The number of hydrogen-bond acceptors (Lipinski definition) is 5. The van der Waals surface area contributed by atoms with Gasteiger partial charge in [0, 0.05) is 13.1 Å². The van der Waals surface area contributed by atoms with Gasteiger partial charge in [-0.25, -0.2) is 8.42 Å². The summed E-state index contributed by atoms with van der Waals surface area (Å²) in [5.41, 5.74) is 3.17. The van der Waals surface area contributed by atoms with Crippen LogP contribution in [-0.2, 0) is 26.2 Å². The largest absolute Gasteiger partial charge is 0.497 e. The first-order chi connectivity index (χ1) is 19.5. The molecule has 0 aliphatic heterocycles. The van der Waals surface area contributed by atoms with Gasteiger partial charge in [-0.2, -0.15) is 0 Å². The molecule has 2 amide bonds. The summed E-state index contributed by atoms with van der Waals surface area (Å²) >= 11 is 0. The minimum absolute atomic E-state index is 0.0267. The van der Waals surface area contributed by atoms with Crippen LogP contribution in [0.4, 0.5) is 5.69 Å². The van der Waals surface area contributed by atoms with Crippen LogP contribution in [0.1, 0.15) is 43.9 Å². The third-order valence-corrected chi connectivity index (χ3v) is 8.71. The van der Waals surface area contributed by atoms with Crippen LogP contribution in [0, 0.1) is 19.8 Å². The second-order valence-corrected chi connectivity index (χ2v) is 12.4. The van der Waals surface area contributed by atoms with Gasteiger partial charge < -0.3 is 15.0 Å². The number of hydrogen-bond donors (Lipinski definition) is 1. The summed E-state index contributed by atoms with van der Waals surface area (Å²) in [5.74, 6) is 0.0219. The van der Waals surface area contributed by atoms with Gasteiger partial charge in [-0.1, -0.05) is 62.7 Å². The first-order valence-corrected chi connectivity index (χ1v) is 15.3. The Kier molecular flexibility index (Phi) is 10.9. The summed E-state index contributed by atoms with van der Waals surface area (Å²) in [4.78, 5) is 29.0. The molecule has 0 aliphatic carbocycles. The minimum atomic E-state index is -4.15. The average Bonchev–Trinajstić information content (AvgIpc) is 2.96. The van der Waals surface area contributed by atoms with Crippen molar-refractivity contribution in [3.63, 3.8) is 0 Å². The zero-order valence-electron chi connectivity index (χ0n) is 24.8. The molecule has 3 aromatic rings. The molecule has 0 fully saturated rings. The number of anilines is 1. The fourth-order valence-corrected chi connectivity index (χ4v) is 5.84. The van der Waals surface area contributed by atoms with Crippen LogP contribution in [0.25, 0.3) is 0 Å². The van der Waals surface area contributed by atoms with Crippen LogP contribution in [0.2, 0.25) is 0 Å². The topological polar surface area (TPSA) is 96.0 Å². The third kappa shape index (κ3) is 8.10. The molecule has 0 aliphatic rings. The summed E-state index contributed by atoms with van der Waals surface area (Å²) in [6.07, 6.45) is 0.372. The monoisotopic (exact) mass is 579 g/mol. The van der Waals surface area contributed by atoms with E-state index in [0.717, 1.165) is 21.0 Å². The molecule has 1 atom stereocenters. The van der Waals surface area contributed by atoms with E-state index in [2.05, 4.69) is 5.32 Å². The molecule has 0 unspecified atom stereocenters. The molecule has 0 saturated carbocycles. The maximum Gasteiger partial charge on any atom is 0.264 e. The highest BCUT2D eigenvalue weighted by atomic mass is 32.2. The molecule has 220 valence electrons. The second-order valence-electron chi connectivity index (χ2n) is 10.5. The maximum atomic E-state index is 14.2. The molecule has 0 bridgehead atoms. The first-order valence-electron chi connectivity index (χ1n) is 13.8. The minimum Gasteiger partial charge on any atom is -0.497 e. The smallest absolute Gasteiger partial charge is 0.264 e. The summed E-state index contributed by atoms with van der Waals surface area (Å²) < 4.78 is 34.2. The van der Waals surface area contributed by atoms with Crippen LogP contribution < -0.4 is 14.4 Å². The van der Waals surface area contributed by atoms with Crippen molar-refractivity contribution in [3.05, 3.63) is 89.5 Å². The van der Waals surface area contributed by atoms with Gasteiger partial charge in [0.1, 0.15) is 18.3 Å². The van der Waals surface area contributed by atoms with Crippen molar-refractivity contribution in [1.29, 1.82) is 0 Å². The van der Waals surface area contributed by atoms with E-state index in [1.807, 2.05) is 58.9 Å². The molecule has 3 aromatic carbocycles. The Balaban J connectivity index is 2.05. The van der Waals surface area contributed by atoms with E-state index in [4.69, 9.17) is 4.74 Å². The van der Waals surface area contributed by atoms with E-state index < -0.39 is 28.5 Å². The van der Waals surface area contributed by atoms with Gasteiger partial charge in [0.15, 0.2) is 0 Å². The van der Waals surface area contributed by atoms with Gasteiger partial charge in [0.2, 0.25) is 11.8 Å². The Hall–Kier alpha value is -3.85. The lowest BCUT2D eigenvalue weighted by molar-refractivity contribution is -0.140. The SMILES string of the molecule is CC[C@H](C(=O)NCC(C)C)N(Cc1ccccc1C)C(=O)CN(c1ccc(C)cc1)S(=O)(=O)c1ccc(OC)cc1. The van der Waals surface area contributed by atoms with Gasteiger partial charge in [-0.3, -0.25) is 13.9 Å². The van der Waals surface area contributed by atoms with E-state index in [1.54, 1.807) is 36.4 Å². The lowest BCUT2D eigenvalue weighted by atomic mass is 10.1. The highest BCUT2D eigenvalue weighted by Crippen LogP contribution is 2.26.